The molecule has 1 aliphatic heterocycles. The Morgan fingerprint density at radius 1 is 1.11 bits per heavy atom. The summed E-state index contributed by atoms with van der Waals surface area (Å²) < 4.78 is 77.4. The first kappa shape index (κ1) is 26.1. The highest BCUT2D eigenvalue weighted by Crippen LogP contribution is 2.43. The topological polar surface area (TPSA) is 83.6 Å². The van der Waals surface area contributed by atoms with E-state index in [1.807, 2.05) is 6.92 Å². The number of sulfone groups is 1. The van der Waals surface area contributed by atoms with Gasteiger partial charge in [0.2, 0.25) is 5.91 Å². The highest BCUT2D eigenvalue weighted by Gasteiger charge is 2.42. The van der Waals surface area contributed by atoms with Crippen LogP contribution in [0.5, 0.6) is 0 Å². The highest BCUT2D eigenvalue weighted by atomic mass is 32.2. The first-order valence-corrected chi connectivity index (χ1v) is 13.4. The molecule has 0 spiro atoms. The number of hydrogen-bond acceptors (Lipinski definition) is 4. The van der Waals surface area contributed by atoms with Crippen LogP contribution in [-0.2, 0) is 20.8 Å². The van der Waals surface area contributed by atoms with Gasteiger partial charge in [-0.2, -0.15) is 13.2 Å². The fourth-order valence-electron chi connectivity index (χ4n) is 4.63. The van der Waals surface area contributed by atoms with Crippen LogP contribution in [0.25, 0.3) is 0 Å². The molecular weight excluding hydrogens is 500 g/mol. The Bertz CT molecular complexity index is 1290. The van der Waals surface area contributed by atoms with Gasteiger partial charge in [0.15, 0.2) is 9.84 Å². The number of alkyl halides is 3. The van der Waals surface area contributed by atoms with Gasteiger partial charge >= 0.3 is 6.18 Å². The third-order valence-electron chi connectivity index (χ3n) is 6.64. The molecule has 0 radical (unpaired) electrons. The molecule has 0 aromatic heterocycles. The van der Waals surface area contributed by atoms with Crippen molar-refractivity contribution in [3.8, 4) is 0 Å². The van der Waals surface area contributed by atoms with Crippen molar-refractivity contribution in [1.29, 1.82) is 0 Å². The molecule has 194 valence electrons. The van der Waals surface area contributed by atoms with Crippen molar-refractivity contribution in [2.45, 2.75) is 49.3 Å². The summed E-state index contributed by atoms with van der Waals surface area (Å²) in [4.78, 5) is 27.9. The number of hydrogen-bond donors (Lipinski definition) is 1. The Kier molecular flexibility index (Phi) is 6.89. The zero-order valence-electron chi connectivity index (χ0n) is 19.7. The van der Waals surface area contributed by atoms with E-state index >= 15 is 0 Å². The maximum Gasteiger partial charge on any atom is 0.416 e. The third-order valence-corrected chi connectivity index (χ3v) is 7.75. The van der Waals surface area contributed by atoms with Gasteiger partial charge < -0.3 is 10.2 Å². The maximum absolute atomic E-state index is 14.7. The van der Waals surface area contributed by atoms with Crippen LogP contribution in [0.4, 0.5) is 17.6 Å². The molecule has 2 amide bonds. The van der Waals surface area contributed by atoms with E-state index in [0.29, 0.717) is 25.3 Å². The summed E-state index contributed by atoms with van der Waals surface area (Å²) in [6.45, 7) is 2.14. The minimum Gasteiger partial charge on any atom is -0.347 e. The Labute approximate surface area is 206 Å². The Morgan fingerprint density at radius 3 is 2.39 bits per heavy atom. The minimum absolute atomic E-state index is 0.0202. The molecule has 2 aromatic rings. The number of likely N-dealkylation sites (tertiary alicyclic amines) is 1. The Morgan fingerprint density at radius 2 is 1.81 bits per heavy atom. The van der Waals surface area contributed by atoms with Gasteiger partial charge in [-0.1, -0.05) is 19.1 Å². The van der Waals surface area contributed by atoms with Crippen molar-refractivity contribution < 1.29 is 35.6 Å². The van der Waals surface area contributed by atoms with Gasteiger partial charge in [0.25, 0.3) is 5.91 Å². The molecule has 1 aliphatic carbocycles. The van der Waals surface area contributed by atoms with Gasteiger partial charge in [-0.15, -0.1) is 0 Å². The number of carbonyl (C=O) groups is 2. The van der Waals surface area contributed by atoms with Gasteiger partial charge in [-0.05, 0) is 61.4 Å². The first-order valence-electron chi connectivity index (χ1n) is 11.5. The van der Waals surface area contributed by atoms with Crippen molar-refractivity contribution in [2.75, 3.05) is 12.8 Å². The lowest BCUT2D eigenvalue weighted by molar-refractivity contribution is -0.137. The van der Waals surface area contributed by atoms with Crippen LogP contribution in [0, 0.1) is 17.7 Å². The average Bonchev–Trinajstić information content (AvgIpc) is 3.56. The quantitative estimate of drug-likeness (QED) is 0.567. The van der Waals surface area contributed by atoms with Crippen LogP contribution in [0.3, 0.4) is 0 Å². The summed E-state index contributed by atoms with van der Waals surface area (Å²) in [5, 5.41) is 2.78. The van der Waals surface area contributed by atoms with Crippen LogP contribution in [-0.4, -0.2) is 44.0 Å². The lowest BCUT2D eigenvalue weighted by atomic mass is 9.98. The summed E-state index contributed by atoms with van der Waals surface area (Å²) in [5.74, 6) is -2.22. The molecule has 11 heteroatoms. The Balaban J connectivity index is 1.57. The van der Waals surface area contributed by atoms with Crippen LogP contribution in [0.15, 0.2) is 47.4 Å². The molecule has 3 atom stereocenters. The van der Waals surface area contributed by atoms with E-state index in [1.165, 1.54) is 29.2 Å². The van der Waals surface area contributed by atoms with Gasteiger partial charge in [0, 0.05) is 23.9 Å². The van der Waals surface area contributed by atoms with E-state index in [1.54, 1.807) is 0 Å². The summed E-state index contributed by atoms with van der Waals surface area (Å²) in [6, 6.07) is 6.14. The lowest BCUT2D eigenvalue weighted by Gasteiger charge is -2.27. The zero-order chi connectivity index (χ0) is 26.4. The van der Waals surface area contributed by atoms with Crippen molar-refractivity contribution in [1.82, 2.24) is 10.2 Å². The van der Waals surface area contributed by atoms with E-state index in [2.05, 4.69) is 5.32 Å². The van der Waals surface area contributed by atoms with Crippen molar-refractivity contribution in [2.24, 2.45) is 11.8 Å². The van der Waals surface area contributed by atoms with Crippen molar-refractivity contribution in [3.05, 3.63) is 65.0 Å². The first-order chi connectivity index (χ1) is 16.8. The number of halogens is 4. The summed E-state index contributed by atoms with van der Waals surface area (Å²) >= 11 is 0. The molecule has 6 nitrogen and oxygen atoms in total. The van der Waals surface area contributed by atoms with Gasteiger partial charge in [0.1, 0.15) is 11.9 Å². The molecule has 1 saturated carbocycles. The number of nitrogens with zero attached hydrogens (tertiary/aromatic N) is 1. The number of amides is 2. The van der Waals surface area contributed by atoms with Gasteiger partial charge in [-0.25, -0.2) is 12.8 Å². The van der Waals surface area contributed by atoms with E-state index < -0.39 is 51.3 Å². The van der Waals surface area contributed by atoms with Gasteiger partial charge in [-0.3, -0.25) is 9.59 Å². The maximum atomic E-state index is 14.7. The number of rotatable bonds is 6. The van der Waals surface area contributed by atoms with Crippen LogP contribution < -0.4 is 5.32 Å². The predicted molar refractivity (Wildman–Crippen MR) is 123 cm³/mol. The lowest BCUT2D eigenvalue weighted by Crippen LogP contribution is -2.47. The molecule has 1 saturated heterocycles. The predicted octanol–water partition coefficient (Wildman–Crippen LogP) is 4.37. The second kappa shape index (κ2) is 9.49. The van der Waals surface area contributed by atoms with E-state index in [4.69, 9.17) is 0 Å². The monoisotopic (exact) mass is 526 g/mol. The molecule has 1 heterocycles. The number of carbonyl (C=O) groups excluding carboxylic acids is 2. The number of nitrogens with one attached hydrogen (secondary N) is 1. The number of benzene rings is 2. The summed E-state index contributed by atoms with van der Waals surface area (Å²) in [6.07, 6.45) is -1.94. The average molecular weight is 527 g/mol. The smallest absolute Gasteiger partial charge is 0.347 e. The standard InChI is InChI=1S/C25H26F4N2O4S/c1-14-10-21(31(13-14)24(33)16-4-3-5-18(11-16)36(2,34)35)23(32)30-22(15-6-7-15)19-9-8-17(12-20(19)26)25(27,28)29/h3-5,8-9,11-12,14-15,21-22H,6-7,10,13H2,1-2H3,(H,30,32)/t14-,21+,22?/m0/s1. The van der Waals surface area contributed by atoms with Crippen LogP contribution in [0.2, 0.25) is 0 Å². The van der Waals surface area contributed by atoms with Crippen LogP contribution >= 0.6 is 0 Å². The van der Waals surface area contributed by atoms with E-state index in [9.17, 15) is 35.6 Å². The molecule has 1 N–H and O–H groups in total. The second-order valence-electron chi connectivity index (χ2n) is 9.67. The minimum atomic E-state index is -4.69. The molecule has 36 heavy (non-hydrogen) atoms. The Hall–Kier alpha value is -2.95. The van der Waals surface area contributed by atoms with Crippen LogP contribution in [0.1, 0.15) is 53.7 Å². The normalized spacial score (nSPS) is 21.3. The third kappa shape index (κ3) is 5.55. The SMILES string of the molecule is C[C@H]1C[C@H](C(=O)NC(c2ccc(C(F)(F)F)cc2F)C2CC2)N(C(=O)c2cccc(S(C)(=O)=O)c2)C1. The van der Waals surface area contributed by atoms with E-state index in [0.717, 1.165) is 18.4 Å². The molecule has 1 unspecified atom stereocenters. The van der Waals surface area contributed by atoms with Gasteiger partial charge in [0.05, 0.1) is 16.5 Å². The molecule has 2 aromatic carbocycles. The fraction of sp³-hybridized carbons (Fsp3) is 0.440. The highest BCUT2D eigenvalue weighted by molar-refractivity contribution is 7.90. The molecule has 2 aliphatic rings. The molecular formula is C25H26F4N2O4S. The molecule has 2 fully saturated rings. The largest absolute Gasteiger partial charge is 0.416 e. The fourth-order valence-corrected chi connectivity index (χ4v) is 5.30. The van der Waals surface area contributed by atoms with Crippen molar-refractivity contribution in [3.63, 3.8) is 0 Å². The second-order valence-corrected chi connectivity index (χ2v) is 11.7. The summed E-state index contributed by atoms with van der Waals surface area (Å²) in [7, 11) is -3.54. The zero-order valence-corrected chi connectivity index (χ0v) is 20.5. The summed E-state index contributed by atoms with van der Waals surface area (Å²) in [5.41, 5.74) is -1.01. The van der Waals surface area contributed by atoms with Crippen molar-refractivity contribution >= 4 is 21.7 Å². The molecule has 4 rings (SSSR count). The molecule has 0 bridgehead atoms. The van der Waals surface area contributed by atoms with E-state index in [-0.39, 0.29) is 34.4 Å².